The fourth-order valence-corrected chi connectivity index (χ4v) is 3.64. The molecule has 0 unspecified atom stereocenters. The third-order valence-electron chi connectivity index (χ3n) is 4.37. The van der Waals surface area contributed by atoms with Crippen LogP contribution >= 0.6 is 0 Å². The summed E-state index contributed by atoms with van der Waals surface area (Å²) in [6.07, 6.45) is 3.70. The van der Waals surface area contributed by atoms with E-state index < -0.39 is 10.0 Å². The van der Waals surface area contributed by atoms with Gasteiger partial charge in [0.05, 0.1) is 17.6 Å². The molecule has 0 amide bonds. The predicted molar refractivity (Wildman–Crippen MR) is 119 cm³/mol. The first kappa shape index (κ1) is 20.8. The number of hydrogen-bond donors (Lipinski definition) is 2. The summed E-state index contributed by atoms with van der Waals surface area (Å²) in [4.78, 5) is 8.66. The van der Waals surface area contributed by atoms with Crippen LogP contribution < -0.4 is 10.0 Å². The Bertz CT molecular complexity index is 1090. The molecule has 2 N–H and O–H groups in total. The van der Waals surface area contributed by atoms with E-state index in [1.54, 1.807) is 6.07 Å². The van der Waals surface area contributed by atoms with Crippen LogP contribution in [0.4, 0.5) is 17.2 Å². The topological polar surface area (TPSA) is 84.0 Å². The van der Waals surface area contributed by atoms with Crippen LogP contribution in [0.1, 0.15) is 25.0 Å². The van der Waals surface area contributed by atoms with E-state index in [1.165, 1.54) is 11.9 Å². The summed E-state index contributed by atoms with van der Waals surface area (Å²) in [6.45, 7) is 6.26. The lowest BCUT2D eigenvalue weighted by Gasteiger charge is -2.12. The summed E-state index contributed by atoms with van der Waals surface area (Å²) in [6, 6.07) is 15.8. The van der Waals surface area contributed by atoms with Crippen LogP contribution in [0, 0.1) is 12.8 Å². The van der Waals surface area contributed by atoms with Crippen LogP contribution in [0.5, 0.6) is 0 Å². The lowest BCUT2D eigenvalue weighted by atomic mass is 10.0. The molecule has 0 saturated heterocycles. The summed E-state index contributed by atoms with van der Waals surface area (Å²) >= 11 is 0. The monoisotopic (exact) mass is 410 g/mol. The van der Waals surface area contributed by atoms with Crippen molar-refractivity contribution in [2.75, 3.05) is 16.3 Å². The molecule has 6 nitrogen and oxygen atoms in total. The molecule has 0 atom stereocenters. The van der Waals surface area contributed by atoms with Gasteiger partial charge in [-0.25, -0.2) is 18.4 Å². The lowest BCUT2D eigenvalue weighted by molar-refractivity contribution is 0.607. The van der Waals surface area contributed by atoms with Crippen molar-refractivity contribution in [3.05, 3.63) is 66.0 Å². The molecular weight excluding hydrogens is 384 g/mol. The van der Waals surface area contributed by atoms with Gasteiger partial charge >= 0.3 is 0 Å². The highest BCUT2D eigenvalue weighted by Crippen LogP contribution is 2.25. The van der Waals surface area contributed by atoms with Crippen LogP contribution in [0.3, 0.4) is 0 Å². The molecule has 29 heavy (non-hydrogen) atoms. The van der Waals surface area contributed by atoms with Crippen LogP contribution in [-0.2, 0) is 16.4 Å². The van der Waals surface area contributed by atoms with Gasteiger partial charge in [0.15, 0.2) is 0 Å². The van der Waals surface area contributed by atoms with E-state index in [4.69, 9.17) is 0 Å². The van der Waals surface area contributed by atoms with Gasteiger partial charge in [-0.15, -0.1) is 0 Å². The third kappa shape index (κ3) is 6.02. The maximum atomic E-state index is 11.6. The zero-order valence-corrected chi connectivity index (χ0v) is 17.9. The van der Waals surface area contributed by atoms with Gasteiger partial charge in [-0.1, -0.05) is 44.2 Å². The Morgan fingerprint density at radius 2 is 1.72 bits per heavy atom. The first-order chi connectivity index (χ1) is 13.7. The van der Waals surface area contributed by atoms with E-state index in [9.17, 15) is 8.42 Å². The molecule has 0 radical (unpaired) electrons. The minimum absolute atomic E-state index is 0.535. The number of aryl methyl sites for hydroxylation is 1. The average molecular weight is 411 g/mol. The van der Waals surface area contributed by atoms with Crippen LogP contribution in [0.25, 0.3) is 11.3 Å². The summed E-state index contributed by atoms with van der Waals surface area (Å²) in [5.41, 5.74) is 5.25. The van der Waals surface area contributed by atoms with Crippen LogP contribution in [0.2, 0.25) is 0 Å². The van der Waals surface area contributed by atoms with Crippen molar-refractivity contribution in [2.45, 2.75) is 27.2 Å². The molecule has 1 aromatic heterocycles. The largest absolute Gasteiger partial charge is 0.340 e. The summed E-state index contributed by atoms with van der Waals surface area (Å²) in [7, 11) is -3.35. The van der Waals surface area contributed by atoms with E-state index in [0.29, 0.717) is 17.4 Å². The number of nitrogens with one attached hydrogen (secondary N) is 2. The quantitative estimate of drug-likeness (QED) is 0.586. The van der Waals surface area contributed by atoms with Crippen molar-refractivity contribution in [2.24, 2.45) is 5.92 Å². The van der Waals surface area contributed by atoms with Gasteiger partial charge in [0.2, 0.25) is 10.0 Å². The maximum Gasteiger partial charge on any atom is 0.229 e. The van der Waals surface area contributed by atoms with Crippen molar-refractivity contribution >= 4 is 27.2 Å². The molecule has 0 bridgehead atoms. The number of sulfonamides is 1. The van der Waals surface area contributed by atoms with E-state index in [2.05, 4.69) is 58.1 Å². The molecule has 0 saturated carbocycles. The van der Waals surface area contributed by atoms with Gasteiger partial charge in [0.1, 0.15) is 12.1 Å². The Hall–Kier alpha value is -2.93. The first-order valence-electron chi connectivity index (χ1n) is 9.46. The van der Waals surface area contributed by atoms with Crippen molar-refractivity contribution in [1.82, 2.24) is 9.97 Å². The molecule has 0 aliphatic rings. The number of benzene rings is 2. The SMILES string of the molecule is Cc1ccc(Nc2cc(-c3ccc(CC(C)C)cc3)ncn2)cc1NS(C)(=O)=O. The van der Waals surface area contributed by atoms with Gasteiger partial charge in [-0.3, -0.25) is 4.72 Å². The van der Waals surface area contributed by atoms with Gasteiger partial charge in [-0.05, 0) is 42.5 Å². The van der Waals surface area contributed by atoms with E-state index in [0.717, 1.165) is 35.2 Å². The standard InChI is InChI=1S/C22H26N4O2S/c1-15(2)11-17-6-8-18(9-7-17)21-13-22(24-14-23-21)25-19-10-5-16(3)20(12-19)26-29(4,27)28/h5-10,12-15,26H,11H2,1-4H3,(H,23,24,25). The third-order valence-corrected chi connectivity index (χ3v) is 4.96. The van der Waals surface area contributed by atoms with Crippen molar-refractivity contribution in [3.8, 4) is 11.3 Å². The zero-order chi connectivity index (χ0) is 21.0. The van der Waals surface area contributed by atoms with E-state index in [-0.39, 0.29) is 0 Å². The van der Waals surface area contributed by atoms with Gasteiger partial charge in [-0.2, -0.15) is 0 Å². The molecule has 152 valence electrons. The first-order valence-corrected chi connectivity index (χ1v) is 11.4. The maximum absolute atomic E-state index is 11.6. The van der Waals surface area contributed by atoms with E-state index in [1.807, 2.05) is 25.1 Å². The summed E-state index contributed by atoms with van der Waals surface area (Å²) in [5, 5.41) is 3.22. The highest BCUT2D eigenvalue weighted by atomic mass is 32.2. The second kappa shape index (κ2) is 8.61. The molecular formula is C22H26N4O2S. The predicted octanol–water partition coefficient (Wildman–Crippen LogP) is 4.77. The molecule has 3 rings (SSSR count). The Morgan fingerprint density at radius 1 is 1.00 bits per heavy atom. The normalized spacial score (nSPS) is 11.5. The second-order valence-corrected chi connectivity index (χ2v) is 9.36. The fraction of sp³-hybridized carbons (Fsp3) is 0.273. The minimum Gasteiger partial charge on any atom is -0.340 e. The van der Waals surface area contributed by atoms with Crippen LogP contribution in [-0.4, -0.2) is 24.6 Å². The molecule has 0 spiro atoms. The Kier molecular flexibility index (Phi) is 6.17. The molecule has 0 aliphatic carbocycles. The summed E-state index contributed by atoms with van der Waals surface area (Å²) < 4.78 is 25.6. The molecule has 2 aromatic carbocycles. The molecule has 0 fully saturated rings. The number of aromatic nitrogens is 2. The number of anilines is 3. The Morgan fingerprint density at radius 3 is 2.38 bits per heavy atom. The van der Waals surface area contributed by atoms with Gasteiger partial charge in [0.25, 0.3) is 0 Å². The second-order valence-electron chi connectivity index (χ2n) is 7.61. The van der Waals surface area contributed by atoms with Gasteiger partial charge in [0, 0.05) is 17.3 Å². The number of nitrogens with zero attached hydrogens (tertiary/aromatic N) is 2. The van der Waals surface area contributed by atoms with Gasteiger partial charge < -0.3 is 5.32 Å². The lowest BCUT2D eigenvalue weighted by Crippen LogP contribution is -2.10. The Labute approximate surface area is 172 Å². The smallest absolute Gasteiger partial charge is 0.229 e. The molecule has 3 aromatic rings. The van der Waals surface area contributed by atoms with Crippen molar-refractivity contribution in [3.63, 3.8) is 0 Å². The highest BCUT2D eigenvalue weighted by Gasteiger charge is 2.08. The highest BCUT2D eigenvalue weighted by molar-refractivity contribution is 7.92. The average Bonchev–Trinajstić information content (AvgIpc) is 2.64. The van der Waals surface area contributed by atoms with Crippen molar-refractivity contribution < 1.29 is 8.42 Å². The molecule has 7 heteroatoms. The summed E-state index contributed by atoms with van der Waals surface area (Å²) in [5.74, 6) is 1.25. The van der Waals surface area contributed by atoms with E-state index >= 15 is 0 Å². The van der Waals surface area contributed by atoms with Crippen molar-refractivity contribution in [1.29, 1.82) is 0 Å². The minimum atomic E-state index is -3.35. The molecule has 1 heterocycles. The number of hydrogen-bond acceptors (Lipinski definition) is 5. The van der Waals surface area contributed by atoms with Crippen LogP contribution in [0.15, 0.2) is 54.9 Å². The molecule has 0 aliphatic heterocycles. The Balaban J connectivity index is 1.81. The zero-order valence-electron chi connectivity index (χ0n) is 17.1. The fourth-order valence-electron chi connectivity index (χ4n) is 3.02. The number of rotatable bonds is 7.